The van der Waals surface area contributed by atoms with Gasteiger partial charge in [-0.05, 0) is 98.1 Å². The summed E-state index contributed by atoms with van der Waals surface area (Å²) < 4.78 is 59.0. The molecule has 0 aliphatic heterocycles. The van der Waals surface area contributed by atoms with Crippen LogP contribution < -0.4 is 18.9 Å². The minimum Gasteiger partial charge on any atom is -0.491 e. The van der Waals surface area contributed by atoms with Crippen LogP contribution in [0.3, 0.4) is 0 Å². The third kappa shape index (κ3) is 8.37. The van der Waals surface area contributed by atoms with Gasteiger partial charge in [-0.3, -0.25) is 0 Å². The number of thiazole rings is 1. The predicted octanol–water partition coefficient (Wildman–Crippen LogP) is 7.90. The van der Waals surface area contributed by atoms with Crippen molar-refractivity contribution in [2.45, 2.75) is 46.3 Å². The molecule has 0 spiro atoms. The minimum atomic E-state index is -4.78. The lowest BCUT2D eigenvalue weighted by atomic mass is 10.1. The quantitative estimate of drug-likeness (QED) is 0.180. The lowest BCUT2D eigenvalue weighted by molar-refractivity contribution is -0.274. The zero-order chi connectivity index (χ0) is 29.6. The molecule has 11 heteroatoms. The number of aryl methyl sites for hydroxylation is 1. The maximum atomic E-state index is 12.6. The highest BCUT2D eigenvalue weighted by Crippen LogP contribution is 2.39. The van der Waals surface area contributed by atoms with E-state index in [9.17, 15) is 18.0 Å². The van der Waals surface area contributed by atoms with Crippen molar-refractivity contribution in [1.29, 1.82) is 0 Å². The lowest BCUT2D eigenvalue weighted by Gasteiger charge is -2.13. The number of hydrogen-bond donors (Lipinski definition) is 1. The third-order valence-corrected chi connectivity index (χ3v) is 7.00. The molecule has 0 aliphatic carbocycles. The van der Waals surface area contributed by atoms with E-state index in [1.807, 2.05) is 38.1 Å². The van der Waals surface area contributed by atoms with Gasteiger partial charge in [0.15, 0.2) is 6.61 Å². The molecule has 0 bridgehead atoms. The molecule has 41 heavy (non-hydrogen) atoms. The van der Waals surface area contributed by atoms with Crippen LogP contribution in [0, 0.1) is 6.92 Å². The van der Waals surface area contributed by atoms with Gasteiger partial charge >= 0.3 is 12.3 Å². The average molecular weight is 588 g/mol. The molecular formula is C30H28F3NO6S. The summed E-state index contributed by atoms with van der Waals surface area (Å²) in [7, 11) is 0. The Hall–Kier alpha value is -4.25. The lowest BCUT2D eigenvalue weighted by Crippen LogP contribution is -2.16. The van der Waals surface area contributed by atoms with E-state index in [0.717, 1.165) is 22.6 Å². The van der Waals surface area contributed by atoms with Crippen molar-refractivity contribution in [3.05, 3.63) is 77.3 Å². The fourth-order valence-electron chi connectivity index (χ4n) is 3.79. The van der Waals surface area contributed by atoms with E-state index >= 15 is 0 Å². The second kappa shape index (κ2) is 12.9. The summed E-state index contributed by atoms with van der Waals surface area (Å²) >= 11 is 1.36. The third-order valence-electron chi connectivity index (χ3n) is 5.92. The first-order chi connectivity index (χ1) is 19.5. The summed E-state index contributed by atoms with van der Waals surface area (Å²) in [6, 6.07) is 18.2. The smallest absolute Gasteiger partial charge is 0.491 e. The molecule has 0 amide bonds. The molecule has 1 aromatic heterocycles. The SMILES string of the molecule is CCC(C)Oc1ccc(-c2nc(COc3ccc(OCC(=O)O)c(C)c3)sc2-c2ccc(OC(F)(F)F)cc2)cc1. The van der Waals surface area contributed by atoms with Crippen molar-refractivity contribution >= 4 is 17.3 Å². The molecule has 7 nitrogen and oxygen atoms in total. The fourth-order valence-corrected chi connectivity index (χ4v) is 4.80. The van der Waals surface area contributed by atoms with Crippen LogP contribution in [0.5, 0.6) is 23.0 Å². The Morgan fingerprint density at radius 3 is 2.20 bits per heavy atom. The van der Waals surface area contributed by atoms with Crippen LogP contribution in [-0.2, 0) is 11.4 Å². The molecule has 1 atom stereocenters. The molecule has 0 aliphatic rings. The van der Waals surface area contributed by atoms with Gasteiger partial charge < -0.3 is 24.1 Å². The van der Waals surface area contributed by atoms with E-state index in [0.29, 0.717) is 33.3 Å². The predicted molar refractivity (Wildman–Crippen MR) is 149 cm³/mol. The average Bonchev–Trinajstić information content (AvgIpc) is 3.35. The molecule has 0 fully saturated rings. The van der Waals surface area contributed by atoms with Crippen molar-refractivity contribution in [1.82, 2.24) is 4.98 Å². The van der Waals surface area contributed by atoms with Crippen LogP contribution in [0.2, 0.25) is 0 Å². The van der Waals surface area contributed by atoms with Gasteiger partial charge in [-0.25, -0.2) is 9.78 Å². The number of aromatic nitrogens is 1. The number of benzene rings is 3. The molecule has 3 aromatic carbocycles. The normalized spacial score (nSPS) is 12.0. The maximum Gasteiger partial charge on any atom is 0.573 e. The van der Waals surface area contributed by atoms with Crippen LogP contribution >= 0.6 is 11.3 Å². The van der Waals surface area contributed by atoms with Crippen LogP contribution in [0.1, 0.15) is 30.8 Å². The number of carbonyl (C=O) groups is 1. The van der Waals surface area contributed by atoms with Crippen LogP contribution in [0.15, 0.2) is 66.7 Å². The number of ether oxygens (including phenoxy) is 4. The first-order valence-electron chi connectivity index (χ1n) is 12.7. The van der Waals surface area contributed by atoms with Crippen molar-refractivity contribution < 1.29 is 42.0 Å². The highest BCUT2D eigenvalue weighted by atomic mass is 32.1. The Labute approximate surface area is 239 Å². The Morgan fingerprint density at radius 1 is 0.951 bits per heavy atom. The Bertz CT molecular complexity index is 1470. The summed E-state index contributed by atoms with van der Waals surface area (Å²) in [6.45, 7) is 5.50. The van der Waals surface area contributed by atoms with E-state index in [1.165, 1.54) is 23.5 Å². The summed E-state index contributed by atoms with van der Waals surface area (Å²) in [5.74, 6) is 0.332. The molecule has 216 valence electrons. The fraction of sp³-hybridized carbons (Fsp3) is 0.267. The molecule has 4 aromatic rings. The first-order valence-corrected chi connectivity index (χ1v) is 13.5. The maximum absolute atomic E-state index is 12.6. The summed E-state index contributed by atoms with van der Waals surface area (Å²) in [5, 5.41) is 9.47. The topological polar surface area (TPSA) is 87.1 Å². The molecule has 1 unspecified atom stereocenters. The van der Waals surface area contributed by atoms with Crippen molar-refractivity contribution in [2.24, 2.45) is 0 Å². The number of carboxylic acids is 1. The molecule has 1 N–H and O–H groups in total. The summed E-state index contributed by atoms with van der Waals surface area (Å²) in [6.07, 6.45) is -3.84. The monoisotopic (exact) mass is 587 g/mol. The molecular weight excluding hydrogens is 559 g/mol. The van der Waals surface area contributed by atoms with E-state index in [1.54, 1.807) is 37.3 Å². The van der Waals surface area contributed by atoms with Gasteiger partial charge in [0.2, 0.25) is 0 Å². The van der Waals surface area contributed by atoms with Crippen molar-refractivity contribution in [3.63, 3.8) is 0 Å². The van der Waals surface area contributed by atoms with Gasteiger partial charge in [0.1, 0.15) is 34.6 Å². The zero-order valence-corrected chi connectivity index (χ0v) is 23.3. The second-order valence-corrected chi connectivity index (χ2v) is 10.2. The largest absolute Gasteiger partial charge is 0.573 e. The molecule has 0 saturated carbocycles. The number of alkyl halides is 3. The Balaban J connectivity index is 1.59. The molecule has 4 rings (SSSR count). The number of carboxylic acid groups (broad SMARTS) is 1. The van der Waals surface area contributed by atoms with E-state index in [4.69, 9.17) is 24.3 Å². The second-order valence-electron chi connectivity index (χ2n) is 9.12. The standard InChI is InChI=1S/C30H28F3NO6S/c1-4-19(3)39-22-9-5-20(6-10-22)28-29(21-7-11-23(12-8-21)40-30(31,32)33)41-26(34-28)16-37-24-13-14-25(18(2)15-24)38-17-27(35)36/h5-15,19H,4,16-17H2,1-3H3,(H,35,36). The van der Waals surface area contributed by atoms with Crippen LogP contribution in [0.4, 0.5) is 13.2 Å². The number of nitrogens with zero attached hydrogens (tertiary/aromatic N) is 1. The van der Waals surface area contributed by atoms with Crippen molar-refractivity contribution in [2.75, 3.05) is 6.61 Å². The van der Waals surface area contributed by atoms with E-state index < -0.39 is 18.9 Å². The minimum absolute atomic E-state index is 0.0679. The van der Waals surface area contributed by atoms with E-state index in [2.05, 4.69) is 4.74 Å². The van der Waals surface area contributed by atoms with Gasteiger partial charge in [-0.1, -0.05) is 6.92 Å². The highest BCUT2D eigenvalue weighted by molar-refractivity contribution is 7.15. The van der Waals surface area contributed by atoms with Crippen molar-refractivity contribution in [3.8, 4) is 44.7 Å². The van der Waals surface area contributed by atoms with Crippen LogP contribution in [0.25, 0.3) is 21.7 Å². The molecule has 1 heterocycles. The van der Waals surface area contributed by atoms with Gasteiger partial charge in [-0.15, -0.1) is 24.5 Å². The molecule has 0 saturated heterocycles. The number of hydrogen-bond acceptors (Lipinski definition) is 7. The van der Waals surface area contributed by atoms with Gasteiger partial charge in [-0.2, -0.15) is 0 Å². The number of aliphatic carboxylic acids is 1. The number of rotatable bonds is 12. The van der Waals surface area contributed by atoms with Gasteiger partial charge in [0.25, 0.3) is 0 Å². The Morgan fingerprint density at radius 2 is 1.59 bits per heavy atom. The van der Waals surface area contributed by atoms with Gasteiger partial charge in [0.05, 0.1) is 16.7 Å². The highest BCUT2D eigenvalue weighted by Gasteiger charge is 2.31. The Kier molecular flexibility index (Phi) is 9.38. The van der Waals surface area contributed by atoms with Gasteiger partial charge in [0, 0.05) is 5.56 Å². The zero-order valence-electron chi connectivity index (χ0n) is 22.5. The summed E-state index contributed by atoms with van der Waals surface area (Å²) in [5.41, 5.74) is 2.85. The van der Waals surface area contributed by atoms with Crippen LogP contribution in [-0.4, -0.2) is 35.1 Å². The molecule has 0 radical (unpaired) electrons. The summed E-state index contributed by atoms with van der Waals surface area (Å²) in [4.78, 5) is 16.3. The first kappa shape index (κ1) is 29.7. The number of halogens is 3. The van der Waals surface area contributed by atoms with E-state index in [-0.39, 0.29) is 18.5 Å².